The fourth-order valence-electron chi connectivity index (χ4n) is 1.61. The molecule has 1 aromatic carbocycles. The molecule has 1 atom stereocenters. The quantitative estimate of drug-likeness (QED) is 0.797. The maximum absolute atomic E-state index is 11.9. The number of carbonyl (C=O) groups excluding carboxylic acids is 2. The highest BCUT2D eigenvalue weighted by molar-refractivity contribution is 8.00. The SMILES string of the molecule is CCNC(=O)NC(=O)[C@H](C)Sc1nnnn1-c1ccccc1. The Hall–Kier alpha value is -2.42. The third kappa shape index (κ3) is 4.04. The third-order valence-corrected chi connectivity index (χ3v) is 3.70. The summed E-state index contributed by atoms with van der Waals surface area (Å²) in [5.41, 5.74) is 0.798. The van der Waals surface area contributed by atoms with Crippen LogP contribution in [0.3, 0.4) is 0 Å². The summed E-state index contributed by atoms with van der Waals surface area (Å²) < 4.78 is 1.54. The molecular weight excluding hydrogens is 304 g/mol. The molecule has 0 bridgehead atoms. The molecule has 0 saturated carbocycles. The summed E-state index contributed by atoms with van der Waals surface area (Å²) in [6.45, 7) is 3.91. The summed E-state index contributed by atoms with van der Waals surface area (Å²) in [6.07, 6.45) is 0. The number of carbonyl (C=O) groups is 2. The van der Waals surface area contributed by atoms with Crippen molar-refractivity contribution >= 4 is 23.7 Å². The molecule has 22 heavy (non-hydrogen) atoms. The first kappa shape index (κ1) is 16.0. The lowest BCUT2D eigenvalue weighted by Crippen LogP contribution is -2.42. The van der Waals surface area contributed by atoms with E-state index < -0.39 is 17.2 Å². The molecule has 1 heterocycles. The van der Waals surface area contributed by atoms with E-state index in [-0.39, 0.29) is 0 Å². The Morgan fingerprint density at radius 2 is 2.05 bits per heavy atom. The Kier molecular flexibility index (Phi) is 5.48. The van der Waals surface area contributed by atoms with Crippen LogP contribution in [-0.2, 0) is 4.79 Å². The molecule has 8 nitrogen and oxygen atoms in total. The van der Waals surface area contributed by atoms with Gasteiger partial charge < -0.3 is 5.32 Å². The number of hydrogen-bond donors (Lipinski definition) is 2. The van der Waals surface area contributed by atoms with Gasteiger partial charge in [0.1, 0.15) is 0 Å². The van der Waals surface area contributed by atoms with Crippen LogP contribution < -0.4 is 10.6 Å². The van der Waals surface area contributed by atoms with E-state index in [1.807, 2.05) is 30.3 Å². The zero-order valence-electron chi connectivity index (χ0n) is 12.2. The summed E-state index contributed by atoms with van der Waals surface area (Å²) in [6, 6.07) is 8.85. The number of thioether (sulfide) groups is 1. The average Bonchev–Trinajstić information content (AvgIpc) is 2.96. The van der Waals surface area contributed by atoms with Crippen LogP contribution in [0, 0.1) is 0 Å². The summed E-state index contributed by atoms with van der Waals surface area (Å²) in [7, 11) is 0. The molecule has 3 amide bonds. The van der Waals surface area contributed by atoms with E-state index in [0.29, 0.717) is 11.7 Å². The number of aromatic nitrogens is 4. The van der Waals surface area contributed by atoms with E-state index in [1.165, 1.54) is 11.8 Å². The van der Waals surface area contributed by atoms with Gasteiger partial charge in [0.25, 0.3) is 0 Å². The van der Waals surface area contributed by atoms with Gasteiger partial charge >= 0.3 is 6.03 Å². The van der Waals surface area contributed by atoms with Gasteiger partial charge in [0.2, 0.25) is 11.1 Å². The number of imide groups is 1. The Morgan fingerprint density at radius 3 is 2.73 bits per heavy atom. The van der Waals surface area contributed by atoms with Crippen LogP contribution in [0.4, 0.5) is 4.79 Å². The average molecular weight is 320 g/mol. The summed E-state index contributed by atoms with van der Waals surface area (Å²) in [5.74, 6) is -0.404. The highest BCUT2D eigenvalue weighted by atomic mass is 32.2. The van der Waals surface area contributed by atoms with Crippen LogP contribution in [0.5, 0.6) is 0 Å². The van der Waals surface area contributed by atoms with Crippen molar-refractivity contribution in [3.8, 4) is 5.69 Å². The fourth-order valence-corrected chi connectivity index (χ4v) is 2.42. The number of amides is 3. The highest BCUT2D eigenvalue weighted by Gasteiger charge is 2.20. The molecule has 0 unspecified atom stereocenters. The highest BCUT2D eigenvalue weighted by Crippen LogP contribution is 2.22. The molecule has 2 aromatic rings. The van der Waals surface area contributed by atoms with Gasteiger partial charge in [-0.25, -0.2) is 4.79 Å². The van der Waals surface area contributed by atoms with Crippen LogP contribution in [0.25, 0.3) is 5.69 Å². The molecule has 0 fully saturated rings. The van der Waals surface area contributed by atoms with Gasteiger partial charge in [0.15, 0.2) is 0 Å². The number of nitrogens with zero attached hydrogens (tertiary/aromatic N) is 4. The molecule has 0 aliphatic rings. The predicted molar refractivity (Wildman–Crippen MR) is 81.7 cm³/mol. The lowest BCUT2D eigenvalue weighted by molar-refractivity contribution is -0.119. The van der Waals surface area contributed by atoms with Gasteiger partial charge in [-0.15, -0.1) is 5.10 Å². The molecule has 0 aliphatic carbocycles. The zero-order valence-corrected chi connectivity index (χ0v) is 13.0. The van der Waals surface area contributed by atoms with E-state index in [0.717, 1.165) is 5.69 Å². The van der Waals surface area contributed by atoms with Gasteiger partial charge in [-0.2, -0.15) is 4.68 Å². The van der Waals surface area contributed by atoms with Gasteiger partial charge in [0, 0.05) is 6.54 Å². The van der Waals surface area contributed by atoms with E-state index >= 15 is 0 Å². The number of hydrogen-bond acceptors (Lipinski definition) is 6. The molecule has 0 saturated heterocycles. The van der Waals surface area contributed by atoms with Crippen LogP contribution in [0.15, 0.2) is 35.5 Å². The van der Waals surface area contributed by atoms with Gasteiger partial charge in [-0.05, 0) is 36.4 Å². The molecule has 9 heteroatoms. The Balaban J connectivity index is 2.04. The minimum atomic E-state index is -0.518. The van der Waals surface area contributed by atoms with Gasteiger partial charge in [0.05, 0.1) is 10.9 Å². The lowest BCUT2D eigenvalue weighted by atomic mass is 10.3. The minimum absolute atomic E-state index is 0.404. The molecule has 116 valence electrons. The van der Waals surface area contributed by atoms with Crippen LogP contribution in [0.1, 0.15) is 13.8 Å². The molecule has 0 spiro atoms. The van der Waals surface area contributed by atoms with Crippen molar-refractivity contribution in [3.63, 3.8) is 0 Å². The molecule has 0 radical (unpaired) electrons. The van der Waals surface area contributed by atoms with Crippen molar-refractivity contribution in [1.82, 2.24) is 30.8 Å². The Morgan fingerprint density at radius 1 is 1.32 bits per heavy atom. The Bertz CT molecular complexity index is 645. The van der Waals surface area contributed by atoms with E-state index in [4.69, 9.17) is 0 Å². The largest absolute Gasteiger partial charge is 0.338 e. The third-order valence-electron chi connectivity index (χ3n) is 2.67. The second kappa shape index (κ2) is 7.55. The number of tetrazole rings is 1. The summed E-state index contributed by atoms with van der Waals surface area (Å²) in [4.78, 5) is 23.3. The molecule has 2 rings (SSSR count). The topological polar surface area (TPSA) is 102 Å². The normalized spacial score (nSPS) is 11.7. The van der Waals surface area contributed by atoms with Crippen molar-refractivity contribution < 1.29 is 9.59 Å². The van der Waals surface area contributed by atoms with Crippen molar-refractivity contribution in [3.05, 3.63) is 30.3 Å². The smallest absolute Gasteiger partial charge is 0.321 e. The second-order valence-electron chi connectivity index (χ2n) is 4.32. The first-order valence-corrected chi connectivity index (χ1v) is 7.59. The summed E-state index contributed by atoms with van der Waals surface area (Å²) in [5, 5.41) is 16.2. The number of para-hydroxylation sites is 1. The van der Waals surface area contributed by atoms with Gasteiger partial charge in [-0.1, -0.05) is 30.0 Å². The number of nitrogens with one attached hydrogen (secondary N) is 2. The number of rotatable bonds is 5. The first-order chi connectivity index (χ1) is 10.6. The summed E-state index contributed by atoms with van der Waals surface area (Å²) >= 11 is 1.17. The van der Waals surface area contributed by atoms with Crippen LogP contribution in [0.2, 0.25) is 0 Å². The number of urea groups is 1. The van der Waals surface area contributed by atoms with Crippen LogP contribution in [-0.4, -0.2) is 43.9 Å². The fraction of sp³-hybridized carbons (Fsp3) is 0.308. The molecular formula is C13H16N6O2S. The maximum Gasteiger partial charge on any atom is 0.321 e. The maximum atomic E-state index is 11.9. The van der Waals surface area contributed by atoms with Crippen molar-refractivity contribution in [2.45, 2.75) is 24.3 Å². The Labute approximate surface area is 131 Å². The predicted octanol–water partition coefficient (Wildman–Crippen LogP) is 0.989. The van der Waals surface area contributed by atoms with Crippen LogP contribution >= 0.6 is 11.8 Å². The zero-order chi connectivity index (χ0) is 15.9. The number of benzene rings is 1. The van der Waals surface area contributed by atoms with Gasteiger partial charge in [-0.3, -0.25) is 10.1 Å². The van der Waals surface area contributed by atoms with Crippen molar-refractivity contribution in [2.24, 2.45) is 0 Å². The molecule has 1 aromatic heterocycles. The molecule has 0 aliphatic heterocycles. The standard InChI is InChI=1S/C13H16N6O2S/c1-3-14-12(21)15-11(20)9(2)22-13-16-17-18-19(13)10-7-5-4-6-8-10/h4-9H,3H2,1-2H3,(H2,14,15,20,21)/t9-/m0/s1. The van der Waals surface area contributed by atoms with Crippen molar-refractivity contribution in [2.75, 3.05) is 6.54 Å². The minimum Gasteiger partial charge on any atom is -0.338 e. The van der Waals surface area contributed by atoms with Crippen molar-refractivity contribution in [1.29, 1.82) is 0 Å². The lowest BCUT2D eigenvalue weighted by Gasteiger charge is -2.11. The van der Waals surface area contributed by atoms with E-state index in [1.54, 1.807) is 18.5 Å². The molecule has 2 N–H and O–H groups in total. The van der Waals surface area contributed by atoms with E-state index in [9.17, 15) is 9.59 Å². The monoisotopic (exact) mass is 320 g/mol. The second-order valence-corrected chi connectivity index (χ2v) is 5.63. The van der Waals surface area contributed by atoms with E-state index in [2.05, 4.69) is 26.2 Å². The first-order valence-electron chi connectivity index (χ1n) is 6.71.